The zero-order valence-corrected chi connectivity index (χ0v) is 11.9. The van der Waals surface area contributed by atoms with Crippen molar-refractivity contribution in [3.63, 3.8) is 0 Å². The van der Waals surface area contributed by atoms with Crippen LogP contribution >= 0.6 is 0 Å². The highest BCUT2D eigenvalue weighted by molar-refractivity contribution is 5.83. The summed E-state index contributed by atoms with van der Waals surface area (Å²) in [6.45, 7) is 5.20. The number of ether oxygens (including phenoxy) is 1. The van der Waals surface area contributed by atoms with Crippen molar-refractivity contribution in [3.05, 3.63) is 0 Å². The zero-order valence-electron chi connectivity index (χ0n) is 11.9. The molecule has 0 aliphatic carbocycles. The highest BCUT2D eigenvalue weighted by atomic mass is 16.5. The third-order valence-electron chi connectivity index (χ3n) is 3.88. The number of aliphatic carboxylic acids is 1. The summed E-state index contributed by atoms with van der Waals surface area (Å²) in [6, 6.07) is -0.817. The number of carbonyl (C=O) groups is 2. The molecule has 1 heterocycles. The molecule has 2 atom stereocenters. The van der Waals surface area contributed by atoms with Crippen LogP contribution in [-0.4, -0.2) is 36.2 Å². The van der Waals surface area contributed by atoms with Crippen molar-refractivity contribution in [1.82, 2.24) is 5.32 Å². The van der Waals surface area contributed by atoms with Gasteiger partial charge in [0.1, 0.15) is 6.04 Å². The highest BCUT2D eigenvalue weighted by Gasteiger charge is 2.31. The molecule has 0 aromatic rings. The lowest BCUT2D eigenvalue weighted by molar-refractivity contribution is -0.145. The summed E-state index contributed by atoms with van der Waals surface area (Å²) in [6.07, 6.45) is 3.94. The number of carboxylic acids is 1. The number of amides is 1. The first-order valence-corrected chi connectivity index (χ1v) is 7.18. The topological polar surface area (TPSA) is 75.6 Å². The van der Waals surface area contributed by atoms with E-state index < -0.39 is 12.0 Å². The molecule has 0 bridgehead atoms. The number of hydrogen-bond donors (Lipinski definition) is 2. The number of carbonyl (C=O) groups excluding carboxylic acids is 1. The lowest BCUT2D eigenvalue weighted by Crippen LogP contribution is -2.48. The fourth-order valence-electron chi connectivity index (χ4n) is 2.48. The molecule has 5 heteroatoms. The van der Waals surface area contributed by atoms with Crippen LogP contribution in [0.4, 0.5) is 0 Å². The third kappa shape index (κ3) is 5.19. The van der Waals surface area contributed by atoms with Crippen LogP contribution in [0.5, 0.6) is 0 Å². The smallest absolute Gasteiger partial charge is 0.326 e. The van der Waals surface area contributed by atoms with E-state index in [4.69, 9.17) is 4.74 Å². The maximum atomic E-state index is 11.9. The van der Waals surface area contributed by atoms with E-state index in [0.29, 0.717) is 25.6 Å². The van der Waals surface area contributed by atoms with E-state index in [-0.39, 0.29) is 11.8 Å². The molecule has 1 amide bonds. The Bertz CT molecular complexity index is 296. The average Bonchev–Trinajstić information content (AvgIpc) is 2.42. The Morgan fingerprint density at radius 2 is 2.05 bits per heavy atom. The summed E-state index contributed by atoms with van der Waals surface area (Å²) < 4.78 is 5.30. The van der Waals surface area contributed by atoms with Crippen LogP contribution in [0.1, 0.15) is 46.0 Å². The first-order valence-electron chi connectivity index (χ1n) is 7.18. The van der Waals surface area contributed by atoms with E-state index in [9.17, 15) is 14.7 Å². The molecule has 19 heavy (non-hydrogen) atoms. The Hall–Kier alpha value is -1.10. The lowest BCUT2D eigenvalue weighted by Gasteiger charge is -2.28. The molecule has 0 spiro atoms. The van der Waals surface area contributed by atoms with Gasteiger partial charge in [0.05, 0.1) is 6.61 Å². The standard InChI is InChI=1S/C14H25NO4/c1-3-10(4-2)8-12(16)15-13(14(17)18)11-6-5-7-19-9-11/h10-11,13H,3-9H2,1-2H3,(H,15,16)(H,17,18). The van der Waals surface area contributed by atoms with E-state index in [1.54, 1.807) is 0 Å². The van der Waals surface area contributed by atoms with E-state index in [0.717, 1.165) is 25.7 Å². The van der Waals surface area contributed by atoms with Crippen LogP contribution in [0.3, 0.4) is 0 Å². The van der Waals surface area contributed by atoms with Gasteiger partial charge in [0, 0.05) is 18.9 Å². The van der Waals surface area contributed by atoms with Gasteiger partial charge in [-0.1, -0.05) is 26.7 Å². The van der Waals surface area contributed by atoms with Crippen molar-refractivity contribution in [3.8, 4) is 0 Å². The Kier molecular flexibility index (Phi) is 6.84. The van der Waals surface area contributed by atoms with Crippen LogP contribution in [0, 0.1) is 11.8 Å². The molecule has 1 saturated heterocycles. The summed E-state index contributed by atoms with van der Waals surface area (Å²) in [4.78, 5) is 23.2. The SMILES string of the molecule is CCC(CC)CC(=O)NC(C(=O)O)C1CCCOC1. The van der Waals surface area contributed by atoms with Gasteiger partial charge in [0.2, 0.25) is 5.91 Å². The fourth-order valence-corrected chi connectivity index (χ4v) is 2.48. The number of rotatable bonds is 7. The third-order valence-corrected chi connectivity index (χ3v) is 3.88. The molecule has 1 fully saturated rings. The molecule has 0 aromatic carbocycles. The second kappa shape index (κ2) is 8.15. The van der Waals surface area contributed by atoms with Crippen molar-refractivity contribution in [2.24, 2.45) is 11.8 Å². The van der Waals surface area contributed by atoms with Gasteiger partial charge in [-0.3, -0.25) is 4.79 Å². The second-order valence-electron chi connectivity index (χ2n) is 5.25. The molecular weight excluding hydrogens is 246 g/mol. The van der Waals surface area contributed by atoms with Gasteiger partial charge in [-0.25, -0.2) is 4.79 Å². The Morgan fingerprint density at radius 3 is 2.53 bits per heavy atom. The zero-order chi connectivity index (χ0) is 14.3. The minimum absolute atomic E-state index is 0.114. The molecule has 0 saturated carbocycles. The quantitative estimate of drug-likeness (QED) is 0.740. The van der Waals surface area contributed by atoms with E-state index in [1.165, 1.54) is 0 Å². The van der Waals surface area contributed by atoms with Gasteiger partial charge in [0.25, 0.3) is 0 Å². The molecule has 0 aromatic heterocycles. The summed E-state index contributed by atoms with van der Waals surface area (Å²) >= 11 is 0. The van der Waals surface area contributed by atoms with Crippen molar-refractivity contribution >= 4 is 11.9 Å². The van der Waals surface area contributed by atoms with Gasteiger partial charge in [-0.15, -0.1) is 0 Å². The van der Waals surface area contributed by atoms with Crippen LogP contribution in [-0.2, 0) is 14.3 Å². The van der Waals surface area contributed by atoms with Gasteiger partial charge in [-0.05, 0) is 18.8 Å². The summed E-state index contributed by atoms with van der Waals surface area (Å²) in [5, 5.41) is 11.9. The largest absolute Gasteiger partial charge is 0.480 e. The van der Waals surface area contributed by atoms with Crippen molar-refractivity contribution in [2.75, 3.05) is 13.2 Å². The molecule has 5 nitrogen and oxygen atoms in total. The Balaban J connectivity index is 2.52. The number of nitrogens with one attached hydrogen (secondary N) is 1. The summed E-state index contributed by atoms with van der Waals surface area (Å²) in [5.74, 6) is -0.908. The van der Waals surface area contributed by atoms with Crippen LogP contribution in [0.15, 0.2) is 0 Å². The minimum atomic E-state index is -0.964. The van der Waals surface area contributed by atoms with Gasteiger partial charge in [0.15, 0.2) is 0 Å². The second-order valence-corrected chi connectivity index (χ2v) is 5.25. The number of carboxylic acid groups (broad SMARTS) is 1. The number of hydrogen-bond acceptors (Lipinski definition) is 3. The highest BCUT2D eigenvalue weighted by Crippen LogP contribution is 2.19. The predicted molar refractivity (Wildman–Crippen MR) is 71.8 cm³/mol. The first-order chi connectivity index (χ1) is 9.08. The van der Waals surface area contributed by atoms with Crippen molar-refractivity contribution < 1.29 is 19.4 Å². The van der Waals surface area contributed by atoms with Crippen LogP contribution in [0.2, 0.25) is 0 Å². The molecule has 2 N–H and O–H groups in total. The minimum Gasteiger partial charge on any atom is -0.480 e. The van der Waals surface area contributed by atoms with Gasteiger partial charge < -0.3 is 15.2 Å². The van der Waals surface area contributed by atoms with E-state index >= 15 is 0 Å². The molecule has 0 radical (unpaired) electrons. The molecule has 110 valence electrons. The van der Waals surface area contributed by atoms with Gasteiger partial charge in [-0.2, -0.15) is 0 Å². The molecular formula is C14H25NO4. The van der Waals surface area contributed by atoms with Crippen molar-refractivity contribution in [1.29, 1.82) is 0 Å². The average molecular weight is 271 g/mol. The molecule has 1 aliphatic rings. The predicted octanol–water partition coefficient (Wildman–Crippen LogP) is 1.81. The maximum Gasteiger partial charge on any atom is 0.326 e. The Labute approximate surface area is 114 Å². The maximum absolute atomic E-state index is 11.9. The molecule has 2 unspecified atom stereocenters. The Morgan fingerprint density at radius 1 is 1.37 bits per heavy atom. The van der Waals surface area contributed by atoms with Gasteiger partial charge >= 0.3 is 5.97 Å². The van der Waals surface area contributed by atoms with Crippen LogP contribution < -0.4 is 5.32 Å². The fraction of sp³-hybridized carbons (Fsp3) is 0.857. The van der Waals surface area contributed by atoms with Crippen molar-refractivity contribution in [2.45, 2.75) is 52.0 Å². The normalized spacial score (nSPS) is 21.1. The lowest BCUT2D eigenvalue weighted by atomic mass is 9.93. The summed E-state index contributed by atoms with van der Waals surface area (Å²) in [5.41, 5.74) is 0. The van der Waals surface area contributed by atoms with Crippen LogP contribution in [0.25, 0.3) is 0 Å². The van der Waals surface area contributed by atoms with E-state index in [2.05, 4.69) is 5.32 Å². The monoisotopic (exact) mass is 271 g/mol. The first kappa shape index (κ1) is 16.0. The van der Waals surface area contributed by atoms with E-state index in [1.807, 2.05) is 13.8 Å². The molecule has 1 rings (SSSR count). The molecule has 1 aliphatic heterocycles. The summed E-state index contributed by atoms with van der Waals surface area (Å²) in [7, 11) is 0.